The fraction of sp³-hybridized carbons (Fsp3) is 0.400. The van der Waals surface area contributed by atoms with Crippen molar-refractivity contribution in [1.82, 2.24) is 10.6 Å². The highest BCUT2D eigenvalue weighted by Crippen LogP contribution is 2.28. The van der Waals surface area contributed by atoms with Gasteiger partial charge in [-0.25, -0.2) is 8.78 Å². The number of nitrogens with one attached hydrogen (secondary N) is 2. The van der Waals surface area contributed by atoms with E-state index in [1.54, 1.807) is 0 Å². The van der Waals surface area contributed by atoms with Gasteiger partial charge in [-0.1, -0.05) is 11.6 Å². The van der Waals surface area contributed by atoms with Crippen molar-refractivity contribution in [2.45, 2.75) is 6.04 Å². The third kappa shape index (κ3) is 2.12. The summed E-state index contributed by atoms with van der Waals surface area (Å²) < 4.78 is 26.7. The van der Waals surface area contributed by atoms with Crippen LogP contribution in [0.2, 0.25) is 5.02 Å². The summed E-state index contributed by atoms with van der Waals surface area (Å²) in [5.41, 5.74) is 0.212. The van der Waals surface area contributed by atoms with E-state index in [1.807, 2.05) is 0 Å². The Labute approximate surface area is 91.6 Å². The van der Waals surface area contributed by atoms with Crippen molar-refractivity contribution in [3.8, 4) is 0 Å². The maximum atomic E-state index is 13.5. The predicted molar refractivity (Wildman–Crippen MR) is 55.0 cm³/mol. The maximum Gasteiger partial charge on any atom is 0.142 e. The summed E-state index contributed by atoms with van der Waals surface area (Å²) in [5.74, 6) is -1.05. The molecule has 2 nitrogen and oxygen atoms in total. The highest BCUT2D eigenvalue weighted by molar-refractivity contribution is 6.31. The van der Waals surface area contributed by atoms with E-state index in [-0.39, 0.29) is 16.6 Å². The lowest BCUT2D eigenvalue weighted by molar-refractivity contribution is 0.415. The van der Waals surface area contributed by atoms with Gasteiger partial charge in [0.1, 0.15) is 11.6 Å². The lowest BCUT2D eigenvalue weighted by atomic mass is 10.0. The molecule has 1 saturated heterocycles. The van der Waals surface area contributed by atoms with E-state index in [0.717, 1.165) is 25.2 Å². The zero-order valence-electron chi connectivity index (χ0n) is 7.99. The molecule has 1 heterocycles. The molecule has 15 heavy (non-hydrogen) atoms. The van der Waals surface area contributed by atoms with Gasteiger partial charge in [0.05, 0.1) is 5.02 Å². The summed E-state index contributed by atoms with van der Waals surface area (Å²) in [6.07, 6.45) is 0. The normalized spacial score (nSPS) is 21.7. The fourth-order valence-electron chi connectivity index (χ4n) is 1.72. The first-order valence-electron chi connectivity index (χ1n) is 4.77. The first-order chi connectivity index (χ1) is 7.20. The number of benzene rings is 1. The van der Waals surface area contributed by atoms with Crippen molar-refractivity contribution in [2.75, 3.05) is 19.6 Å². The number of rotatable bonds is 1. The van der Waals surface area contributed by atoms with Crippen LogP contribution in [0.4, 0.5) is 8.78 Å². The Balaban J connectivity index is 2.36. The molecule has 0 aliphatic carbocycles. The first kappa shape index (κ1) is 10.8. The molecule has 0 bridgehead atoms. The average molecular weight is 233 g/mol. The first-order valence-corrected chi connectivity index (χ1v) is 5.15. The van der Waals surface area contributed by atoms with Gasteiger partial charge in [-0.3, -0.25) is 0 Å². The third-order valence-corrected chi connectivity index (χ3v) is 2.85. The van der Waals surface area contributed by atoms with Gasteiger partial charge in [-0.2, -0.15) is 0 Å². The van der Waals surface area contributed by atoms with Crippen LogP contribution in [0.1, 0.15) is 11.6 Å². The molecule has 1 aliphatic rings. The van der Waals surface area contributed by atoms with Gasteiger partial charge >= 0.3 is 0 Å². The summed E-state index contributed by atoms with van der Waals surface area (Å²) in [7, 11) is 0. The molecule has 2 N–H and O–H groups in total. The van der Waals surface area contributed by atoms with Gasteiger partial charge < -0.3 is 10.6 Å². The molecule has 2 rings (SSSR count). The minimum atomic E-state index is -0.583. The molecule has 1 aromatic carbocycles. The quantitative estimate of drug-likeness (QED) is 0.723. The monoisotopic (exact) mass is 232 g/mol. The van der Waals surface area contributed by atoms with Gasteiger partial charge in [0.2, 0.25) is 0 Å². The van der Waals surface area contributed by atoms with E-state index in [0.29, 0.717) is 6.54 Å². The summed E-state index contributed by atoms with van der Waals surface area (Å²) in [6, 6.07) is 1.88. The van der Waals surface area contributed by atoms with Crippen LogP contribution in [0.15, 0.2) is 12.1 Å². The summed E-state index contributed by atoms with van der Waals surface area (Å²) in [4.78, 5) is 0. The van der Waals surface area contributed by atoms with Gasteiger partial charge in [0.25, 0.3) is 0 Å². The van der Waals surface area contributed by atoms with Crippen molar-refractivity contribution in [1.29, 1.82) is 0 Å². The Kier molecular flexibility index (Phi) is 3.19. The molecule has 5 heteroatoms. The standard InChI is InChI=1S/C10H11ClF2N2/c11-10-7(13)2-1-6(12)9(10)8-5-14-3-4-15-8/h1-2,8,14-15H,3-5H2/t8-/m0/s1. The minimum Gasteiger partial charge on any atom is -0.314 e. The summed E-state index contributed by atoms with van der Waals surface area (Å²) in [5, 5.41) is 6.06. The fourth-order valence-corrected chi connectivity index (χ4v) is 2.00. The SMILES string of the molecule is Fc1ccc(F)c([C@@H]2CNCCN2)c1Cl. The van der Waals surface area contributed by atoms with Crippen LogP contribution in [-0.4, -0.2) is 19.6 Å². The van der Waals surface area contributed by atoms with Crippen molar-refractivity contribution < 1.29 is 8.78 Å². The van der Waals surface area contributed by atoms with Crippen LogP contribution in [0.25, 0.3) is 0 Å². The van der Waals surface area contributed by atoms with Crippen LogP contribution in [-0.2, 0) is 0 Å². The van der Waals surface area contributed by atoms with Gasteiger partial charge in [0, 0.05) is 31.2 Å². The summed E-state index contributed by atoms with van der Waals surface area (Å²) >= 11 is 5.75. The minimum absolute atomic E-state index is 0.129. The molecule has 0 radical (unpaired) electrons. The number of halogens is 3. The molecule has 1 fully saturated rings. The van der Waals surface area contributed by atoms with E-state index in [4.69, 9.17) is 11.6 Å². The topological polar surface area (TPSA) is 24.1 Å². The second-order valence-corrected chi connectivity index (χ2v) is 3.85. The number of piperazine rings is 1. The van der Waals surface area contributed by atoms with Crippen LogP contribution < -0.4 is 10.6 Å². The predicted octanol–water partition coefficient (Wildman–Crippen LogP) is 1.85. The molecule has 1 aliphatic heterocycles. The molecular formula is C10H11ClF2N2. The average Bonchev–Trinajstić information content (AvgIpc) is 2.26. The van der Waals surface area contributed by atoms with Crippen LogP contribution in [0.5, 0.6) is 0 Å². The maximum absolute atomic E-state index is 13.5. The largest absolute Gasteiger partial charge is 0.314 e. The molecule has 1 atom stereocenters. The van der Waals surface area contributed by atoms with E-state index in [9.17, 15) is 8.78 Å². The van der Waals surface area contributed by atoms with E-state index in [2.05, 4.69) is 10.6 Å². The molecule has 0 saturated carbocycles. The highest BCUT2D eigenvalue weighted by atomic mass is 35.5. The second kappa shape index (κ2) is 4.43. The Morgan fingerprint density at radius 2 is 1.93 bits per heavy atom. The Bertz CT molecular complexity index is 365. The molecule has 0 amide bonds. The molecule has 1 aromatic rings. The molecular weight excluding hydrogens is 222 g/mol. The Morgan fingerprint density at radius 1 is 1.20 bits per heavy atom. The van der Waals surface area contributed by atoms with Crippen LogP contribution >= 0.6 is 11.6 Å². The molecule has 0 spiro atoms. The van der Waals surface area contributed by atoms with Gasteiger partial charge in [-0.15, -0.1) is 0 Å². The van der Waals surface area contributed by atoms with Crippen molar-refractivity contribution in [3.63, 3.8) is 0 Å². The Hall–Kier alpha value is -0.710. The Morgan fingerprint density at radius 3 is 2.60 bits per heavy atom. The smallest absolute Gasteiger partial charge is 0.142 e. The summed E-state index contributed by atoms with van der Waals surface area (Å²) in [6.45, 7) is 2.10. The number of hydrogen-bond donors (Lipinski definition) is 2. The highest BCUT2D eigenvalue weighted by Gasteiger charge is 2.22. The second-order valence-electron chi connectivity index (χ2n) is 3.47. The number of hydrogen-bond acceptors (Lipinski definition) is 2. The van der Waals surface area contributed by atoms with E-state index < -0.39 is 11.6 Å². The molecule has 82 valence electrons. The lowest BCUT2D eigenvalue weighted by Crippen LogP contribution is -2.43. The molecule has 0 unspecified atom stereocenters. The lowest BCUT2D eigenvalue weighted by Gasteiger charge is -2.26. The van der Waals surface area contributed by atoms with Crippen molar-refractivity contribution >= 4 is 11.6 Å². The van der Waals surface area contributed by atoms with E-state index in [1.165, 1.54) is 0 Å². The van der Waals surface area contributed by atoms with Gasteiger partial charge in [-0.05, 0) is 12.1 Å². The van der Waals surface area contributed by atoms with E-state index >= 15 is 0 Å². The molecule has 0 aromatic heterocycles. The van der Waals surface area contributed by atoms with Gasteiger partial charge in [0.15, 0.2) is 0 Å². The van der Waals surface area contributed by atoms with Crippen molar-refractivity contribution in [3.05, 3.63) is 34.4 Å². The third-order valence-electron chi connectivity index (χ3n) is 2.47. The van der Waals surface area contributed by atoms with Crippen LogP contribution in [0, 0.1) is 11.6 Å². The zero-order chi connectivity index (χ0) is 10.8. The zero-order valence-corrected chi connectivity index (χ0v) is 8.74. The van der Waals surface area contributed by atoms with Crippen LogP contribution in [0.3, 0.4) is 0 Å². The van der Waals surface area contributed by atoms with Crippen molar-refractivity contribution in [2.24, 2.45) is 0 Å².